The molecular formula is C22H25ClN2O5S. The number of methoxy groups -OCH3 is 2. The van der Waals surface area contributed by atoms with E-state index in [0.29, 0.717) is 35.2 Å². The van der Waals surface area contributed by atoms with E-state index in [1.54, 1.807) is 43.4 Å². The van der Waals surface area contributed by atoms with Gasteiger partial charge in [-0.1, -0.05) is 23.7 Å². The minimum Gasteiger partial charge on any atom is -0.493 e. The van der Waals surface area contributed by atoms with Crippen molar-refractivity contribution in [3.05, 3.63) is 53.1 Å². The fourth-order valence-corrected chi connectivity index (χ4v) is 6.64. The van der Waals surface area contributed by atoms with Crippen LogP contribution in [0.1, 0.15) is 5.56 Å². The third kappa shape index (κ3) is 4.51. The summed E-state index contributed by atoms with van der Waals surface area (Å²) in [6, 6.07) is 12.0. The van der Waals surface area contributed by atoms with Crippen molar-refractivity contribution in [3.63, 3.8) is 0 Å². The number of carbonyl (C=O) groups excluding carboxylic acids is 1. The molecule has 0 aliphatic carbocycles. The number of fused-ring (bicyclic) bond motifs is 1. The van der Waals surface area contributed by atoms with Crippen molar-refractivity contribution in [2.75, 3.05) is 43.7 Å². The molecule has 166 valence electrons. The number of piperazine rings is 1. The summed E-state index contributed by atoms with van der Waals surface area (Å²) in [4.78, 5) is 16.7. The number of carbonyl (C=O) groups is 1. The normalized spacial score (nSPS) is 22.9. The quantitative estimate of drug-likeness (QED) is 0.653. The highest BCUT2D eigenvalue weighted by Gasteiger charge is 2.49. The third-order valence-corrected chi connectivity index (χ3v) is 7.86. The van der Waals surface area contributed by atoms with E-state index in [-0.39, 0.29) is 30.0 Å². The number of nitrogens with zero attached hydrogens (tertiary/aromatic N) is 2. The summed E-state index contributed by atoms with van der Waals surface area (Å²) < 4.78 is 35.6. The predicted molar refractivity (Wildman–Crippen MR) is 120 cm³/mol. The van der Waals surface area contributed by atoms with Gasteiger partial charge >= 0.3 is 0 Å². The Labute approximate surface area is 187 Å². The van der Waals surface area contributed by atoms with Gasteiger partial charge in [-0.05, 0) is 42.3 Å². The number of benzene rings is 2. The molecule has 2 fully saturated rings. The molecule has 0 radical (unpaired) electrons. The smallest absolute Gasteiger partial charge is 0.241 e. The van der Waals surface area contributed by atoms with E-state index in [4.69, 9.17) is 21.1 Å². The Morgan fingerprint density at radius 1 is 1.03 bits per heavy atom. The van der Waals surface area contributed by atoms with E-state index in [1.807, 2.05) is 23.1 Å². The highest BCUT2D eigenvalue weighted by atomic mass is 35.5. The van der Waals surface area contributed by atoms with E-state index in [1.165, 1.54) is 0 Å². The van der Waals surface area contributed by atoms with Crippen molar-refractivity contribution in [1.82, 2.24) is 4.90 Å². The number of ether oxygens (including phenoxy) is 2. The maximum absolute atomic E-state index is 13.1. The maximum Gasteiger partial charge on any atom is 0.241 e. The first-order valence-electron chi connectivity index (χ1n) is 10.0. The second-order valence-electron chi connectivity index (χ2n) is 7.87. The van der Waals surface area contributed by atoms with Crippen LogP contribution in [0.3, 0.4) is 0 Å². The monoisotopic (exact) mass is 464 g/mol. The Bertz CT molecular complexity index is 1090. The number of hydrogen-bond acceptors (Lipinski definition) is 6. The van der Waals surface area contributed by atoms with Crippen molar-refractivity contribution >= 4 is 33.0 Å². The van der Waals surface area contributed by atoms with Gasteiger partial charge in [-0.2, -0.15) is 0 Å². The molecule has 2 heterocycles. The van der Waals surface area contributed by atoms with E-state index in [2.05, 4.69) is 0 Å². The highest BCUT2D eigenvalue weighted by Crippen LogP contribution is 2.33. The van der Waals surface area contributed by atoms with Gasteiger partial charge < -0.3 is 14.4 Å². The van der Waals surface area contributed by atoms with Crippen LogP contribution >= 0.6 is 11.6 Å². The predicted octanol–water partition coefficient (Wildman–Crippen LogP) is 2.41. The van der Waals surface area contributed by atoms with Crippen molar-refractivity contribution in [2.24, 2.45) is 0 Å². The molecule has 9 heteroatoms. The van der Waals surface area contributed by atoms with Crippen molar-refractivity contribution in [3.8, 4) is 11.5 Å². The van der Waals surface area contributed by atoms with Gasteiger partial charge in [0.1, 0.15) is 0 Å². The number of anilines is 1. The van der Waals surface area contributed by atoms with E-state index in [0.717, 1.165) is 5.56 Å². The van der Waals surface area contributed by atoms with Crippen LogP contribution < -0.4 is 14.4 Å². The molecule has 4 rings (SSSR count). The summed E-state index contributed by atoms with van der Waals surface area (Å²) in [5.41, 5.74) is 1.67. The molecule has 0 N–H and O–H groups in total. The topological polar surface area (TPSA) is 76.2 Å². The van der Waals surface area contributed by atoms with Gasteiger partial charge in [0.15, 0.2) is 21.3 Å². The zero-order valence-electron chi connectivity index (χ0n) is 17.5. The molecule has 2 atom stereocenters. The molecule has 2 aliphatic heterocycles. The second-order valence-corrected chi connectivity index (χ2v) is 10.5. The third-order valence-electron chi connectivity index (χ3n) is 5.92. The minimum absolute atomic E-state index is 0.0389. The molecule has 1 amide bonds. The number of rotatable bonds is 6. The van der Waals surface area contributed by atoms with Crippen LogP contribution in [0.5, 0.6) is 11.5 Å². The Hall–Kier alpha value is -2.29. The lowest BCUT2D eigenvalue weighted by Crippen LogP contribution is -2.62. The molecular weight excluding hydrogens is 440 g/mol. The van der Waals surface area contributed by atoms with Gasteiger partial charge in [0.2, 0.25) is 5.91 Å². The average Bonchev–Trinajstić information content (AvgIpc) is 3.06. The van der Waals surface area contributed by atoms with Crippen LogP contribution in [0, 0.1) is 0 Å². The standard InChI is InChI=1S/C22H25ClN2O5S/c1-29-20-7-6-15(10-21(20)30-2)8-9-24-12-22(26)25(17-5-3-4-16(23)11-17)19-14-31(27,28)13-18(19)24/h3-7,10-11,18-19H,8-9,12-14H2,1-2H3. The maximum atomic E-state index is 13.1. The van der Waals surface area contributed by atoms with Crippen molar-refractivity contribution in [1.29, 1.82) is 0 Å². The minimum atomic E-state index is -3.24. The summed E-state index contributed by atoms with van der Waals surface area (Å²) in [6.45, 7) is 0.734. The molecule has 0 saturated carbocycles. The fourth-order valence-electron chi connectivity index (χ4n) is 4.47. The molecule has 2 unspecified atom stereocenters. The van der Waals surface area contributed by atoms with Crippen LogP contribution in [0.15, 0.2) is 42.5 Å². The van der Waals surface area contributed by atoms with Gasteiger partial charge in [0.05, 0.1) is 38.3 Å². The molecule has 2 aliphatic rings. The number of sulfone groups is 1. The van der Waals surface area contributed by atoms with Crippen LogP contribution in [0.25, 0.3) is 0 Å². The lowest BCUT2D eigenvalue weighted by Gasteiger charge is -2.43. The zero-order valence-corrected chi connectivity index (χ0v) is 19.0. The van der Waals surface area contributed by atoms with Crippen LogP contribution in [-0.2, 0) is 21.1 Å². The highest BCUT2D eigenvalue weighted by molar-refractivity contribution is 7.91. The summed E-state index contributed by atoms with van der Waals surface area (Å²) in [5, 5.41) is 0.513. The van der Waals surface area contributed by atoms with Gasteiger partial charge in [-0.25, -0.2) is 8.42 Å². The SMILES string of the molecule is COc1ccc(CCN2CC(=O)N(c3cccc(Cl)c3)C3CS(=O)(=O)CC32)cc1OC. The molecule has 2 saturated heterocycles. The number of halogens is 1. The summed E-state index contributed by atoms with van der Waals surface area (Å²) in [6.07, 6.45) is 0.661. The molecule has 2 aromatic rings. The molecule has 31 heavy (non-hydrogen) atoms. The summed E-state index contributed by atoms with van der Waals surface area (Å²) >= 11 is 6.12. The largest absolute Gasteiger partial charge is 0.493 e. The Balaban J connectivity index is 1.56. The van der Waals surface area contributed by atoms with Crippen LogP contribution in [-0.4, -0.2) is 70.1 Å². The Kier molecular flexibility index (Phi) is 6.14. The number of amides is 1. The van der Waals surface area contributed by atoms with Gasteiger partial charge in [-0.15, -0.1) is 0 Å². The summed E-state index contributed by atoms with van der Waals surface area (Å²) in [5.74, 6) is 1.19. The van der Waals surface area contributed by atoms with Crippen LogP contribution in [0.4, 0.5) is 5.69 Å². The van der Waals surface area contributed by atoms with Crippen LogP contribution in [0.2, 0.25) is 5.02 Å². The summed E-state index contributed by atoms with van der Waals surface area (Å²) in [7, 11) is -0.0708. The first-order chi connectivity index (χ1) is 14.8. The molecule has 2 aromatic carbocycles. The lowest BCUT2D eigenvalue weighted by molar-refractivity contribution is -0.123. The molecule has 0 spiro atoms. The molecule has 0 aromatic heterocycles. The molecule has 0 bridgehead atoms. The van der Waals surface area contributed by atoms with E-state index < -0.39 is 15.9 Å². The van der Waals surface area contributed by atoms with Crippen molar-refractivity contribution in [2.45, 2.75) is 18.5 Å². The molecule has 7 nitrogen and oxygen atoms in total. The fraction of sp³-hybridized carbons (Fsp3) is 0.409. The zero-order chi connectivity index (χ0) is 22.2. The van der Waals surface area contributed by atoms with Gasteiger partial charge in [0.25, 0.3) is 0 Å². The number of hydrogen-bond donors (Lipinski definition) is 0. The lowest BCUT2D eigenvalue weighted by atomic mass is 10.0. The average molecular weight is 465 g/mol. The first kappa shape index (κ1) is 21.9. The Morgan fingerprint density at radius 2 is 1.77 bits per heavy atom. The van der Waals surface area contributed by atoms with Gasteiger partial charge in [0, 0.05) is 23.3 Å². The van der Waals surface area contributed by atoms with E-state index in [9.17, 15) is 13.2 Å². The van der Waals surface area contributed by atoms with Crippen molar-refractivity contribution < 1.29 is 22.7 Å². The first-order valence-corrected chi connectivity index (χ1v) is 12.2. The van der Waals surface area contributed by atoms with E-state index >= 15 is 0 Å². The Morgan fingerprint density at radius 3 is 2.48 bits per heavy atom. The van der Waals surface area contributed by atoms with Gasteiger partial charge in [-0.3, -0.25) is 9.69 Å². The second kappa shape index (κ2) is 8.68.